The molecule has 0 saturated carbocycles. The molecule has 0 spiro atoms. The van der Waals surface area contributed by atoms with Gasteiger partial charge in [-0.05, 0) is 25.3 Å². The molecule has 0 bridgehead atoms. The first-order chi connectivity index (χ1) is 10.2. The van der Waals surface area contributed by atoms with Crippen molar-refractivity contribution in [2.24, 2.45) is 0 Å². The van der Waals surface area contributed by atoms with Crippen LogP contribution in [0.25, 0.3) is 0 Å². The van der Waals surface area contributed by atoms with E-state index in [2.05, 4.69) is 41.4 Å². The molecule has 1 aromatic heterocycles. The number of nitrogens with one attached hydrogen (secondary N) is 1. The van der Waals surface area contributed by atoms with Crippen LogP contribution in [0.1, 0.15) is 24.0 Å². The molecule has 0 radical (unpaired) electrons. The van der Waals surface area contributed by atoms with E-state index in [1.54, 1.807) is 16.3 Å². The lowest BCUT2D eigenvalue weighted by Crippen LogP contribution is -2.24. The summed E-state index contributed by atoms with van der Waals surface area (Å²) in [6.45, 7) is 3.46. The van der Waals surface area contributed by atoms with Crippen molar-refractivity contribution in [3.8, 4) is 0 Å². The molecule has 5 nitrogen and oxygen atoms in total. The lowest BCUT2D eigenvalue weighted by Gasteiger charge is -2.11. The topological polar surface area (TPSA) is 59.9 Å². The quantitative estimate of drug-likeness (QED) is 0.862. The summed E-state index contributed by atoms with van der Waals surface area (Å²) < 4.78 is 7.29. The molecule has 1 N–H and O–H groups in total. The van der Waals surface area contributed by atoms with E-state index < -0.39 is 0 Å². The Labute approximate surface area is 127 Å². The molecule has 3 rings (SSSR count). The number of hydrogen-bond donors (Lipinski definition) is 1. The second-order valence-corrected chi connectivity index (χ2v) is 6.27. The molecule has 1 saturated heterocycles. The molecule has 2 aromatic rings. The highest BCUT2D eigenvalue weighted by atomic mass is 32.2. The van der Waals surface area contributed by atoms with Gasteiger partial charge in [0.2, 0.25) is 0 Å². The largest absolute Gasteiger partial charge is 0.376 e. The third-order valence-electron chi connectivity index (χ3n) is 3.62. The van der Waals surface area contributed by atoms with Gasteiger partial charge < -0.3 is 4.74 Å². The van der Waals surface area contributed by atoms with Crippen LogP contribution in [0.15, 0.2) is 34.2 Å². The summed E-state index contributed by atoms with van der Waals surface area (Å²) in [6, 6.07) is 8.41. The first-order valence-corrected chi connectivity index (χ1v) is 8.16. The third-order valence-corrected chi connectivity index (χ3v) is 4.67. The summed E-state index contributed by atoms with van der Waals surface area (Å²) in [7, 11) is 0. The summed E-state index contributed by atoms with van der Waals surface area (Å²) in [5, 5.41) is 7.39. The zero-order chi connectivity index (χ0) is 14.7. The molecule has 1 fully saturated rings. The maximum absolute atomic E-state index is 11.9. The first-order valence-electron chi connectivity index (χ1n) is 7.17. The van der Waals surface area contributed by atoms with Gasteiger partial charge in [-0.3, -0.25) is 4.57 Å². The van der Waals surface area contributed by atoms with Crippen LogP contribution in [0.4, 0.5) is 0 Å². The highest BCUT2D eigenvalue weighted by Crippen LogP contribution is 2.21. The third kappa shape index (κ3) is 3.57. The smallest absolute Gasteiger partial charge is 0.344 e. The number of aromatic amines is 1. The average Bonchev–Trinajstić information content (AvgIpc) is 3.11. The number of nitrogens with zero attached hydrogens (tertiary/aromatic N) is 2. The minimum Gasteiger partial charge on any atom is -0.376 e. The fraction of sp³-hybridized carbons (Fsp3) is 0.467. The summed E-state index contributed by atoms with van der Waals surface area (Å²) >= 11 is 1.58. The van der Waals surface area contributed by atoms with Gasteiger partial charge in [0.15, 0.2) is 5.16 Å². The fourth-order valence-corrected chi connectivity index (χ4v) is 3.31. The van der Waals surface area contributed by atoms with E-state index in [1.165, 1.54) is 11.1 Å². The van der Waals surface area contributed by atoms with Crippen molar-refractivity contribution in [3.63, 3.8) is 0 Å². The molecule has 21 heavy (non-hydrogen) atoms. The Morgan fingerprint density at radius 2 is 2.24 bits per heavy atom. The van der Waals surface area contributed by atoms with Gasteiger partial charge in [-0.2, -0.15) is 0 Å². The maximum Gasteiger partial charge on any atom is 0.344 e. The van der Waals surface area contributed by atoms with Crippen LogP contribution in [-0.4, -0.2) is 27.5 Å². The van der Waals surface area contributed by atoms with Crippen LogP contribution in [0.3, 0.4) is 0 Å². The standard InChI is InChI=1S/C15H19N3O2S/c1-11-4-6-12(7-5-11)10-21-15-17-16-14(19)18(15)9-13-3-2-8-20-13/h4-7,13H,2-3,8-10H2,1H3,(H,16,19)/t13-/m1/s1. The SMILES string of the molecule is Cc1ccc(CSc2n[nH]c(=O)n2C[C@H]2CCCO2)cc1. The van der Waals surface area contributed by atoms with E-state index in [4.69, 9.17) is 4.74 Å². The maximum atomic E-state index is 11.9. The Morgan fingerprint density at radius 1 is 1.43 bits per heavy atom. The molecular formula is C15H19N3O2S. The number of H-pyrrole nitrogens is 1. The first kappa shape index (κ1) is 14.4. The van der Waals surface area contributed by atoms with Gasteiger partial charge in [0.05, 0.1) is 12.6 Å². The van der Waals surface area contributed by atoms with E-state index in [0.717, 1.165) is 30.4 Å². The predicted octanol–water partition coefficient (Wildman–Crippen LogP) is 2.35. The van der Waals surface area contributed by atoms with Crippen molar-refractivity contribution in [3.05, 3.63) is 45.9 Å². The van der Waals surface area contributed by atoms with Crippen LogP contribution in [0.2, 0.25) is 0 Å². The summed E-state index contributed by atoms with van der Waals surface area (Å²) in [5.41, 5.74) is 2.32. The van der Waals surface area contributed by atoms with Gasteiger partial charge in [-0.15, -0.1) is 5.10 Å². The normalized spacial score (nSPS) is 18.2. The Hall–Kier alpha value is -1.53. The zero-order valence-corrected chi connectivity index (χ0v) is 12.9. The van der Waals surface area contributed by atoms with Crippen molar-refractivity contribution in [1.82, 2.24) is 14.8 Å². The van der Waals surface area contributed by atoms with Crippen LogP contribution in [0.5, 0.6) is 0 Å². The molecule has 0 aliphatic carbocycles. The second-order valence-electron chi connectivity index (χ2n) is 5.33. The number of aromatic nitrogens is 3. The predicted molar refractivity (Wildman–Crippen MR) is 82.6 cm³/mol. The van der Waals surface area contributed by atoms with Crippen molar-refractivity contribution in [1.29, 1.82) is 0 Å². The number of benzene rings is 1. The van der Waals surface area contributed by atoms with Crippen LogP contribution < -0.4 is 5.69 Å². The van der Waals surface area contributed by atoms with Crippen LogP contribution in [0, 0.1) is 6.92 Å². The highest BCUT2D eigenvalue weighted by molar-refractivity contribution is 7.98. The summed E-state index contributed by atoms with van der Waals surface area (Å²) in [6.07, 6.45) is 2.22. The molecule has 1 aliphatic rings. The second kappa shape index (κ2) is 6.49. The number of hydrogen-bond acceptors (Lipinski definition) is 4. The molecule has 0 unspecified atom stereocenters. The van der Waals surface area contributed by atoms with E-state index in [-0.39, 0.29) is 11.8 Å². The minimum absolute atomic E-state index is 0.138. The molecule has 6 heteroatoms. The lowest BCUT2D eigenvalue weighted by atomic mass is 10.2. The van der Waals surface area contributed by atoms with E-state index in [0.29, 0.717) is 6.54 Å². The van der Waals surface area contributed by atoms with Gasteiger partial charge in [0.25, 0.3) is 0 Å². The summed E-state index contributed by atoms with van der Waals surface area (Å²) in [4.78, 5) is 11.9. The minimum atomic E-state index is -0.156. The molecule has 112 valence electrons. The Morgan fingerprint density at radius 3 is 2.95 bits per heavy atom. The van der Waals surface area contributed by atoms with Gasteiger partial charge in [-0.25, -0.2) is 9.89 Å². The highest BCUT2D eigenvalue weighted by Gasteiger charge is 2.19. The molecule has 1 aromatic carbocycles. The molecule has 1 atom stereocenters. The summed E-state index contributed by atoms with van der Waals surface area (Å²) in [5.74, 6) is 0.802. The van der Waals surface area contributed by atoms with Crippen molar-refractivity contribution in [2.75, 3.05) is 6.61 Å². The molecule has 2 heterocycles. The monoisotopic (exact) mass is 305 g/mol. The Bertz CT molecular complexity index is 642. The van der Waals surface area contributed by atoms with E-state index in [9.17, 15) is 4.79 Å². The van der Waals surface area contributed by atoms with Crippen molar-refractivity contribution < 1.29 is 4.74 Å². The Balaban J connectivity index is 1.67. The Kier molecular flexibility index (Phi) is 4.45. The average molecular weight is 305 g/mol. The zero-order valence-electron chi connectivity index (χ0n) is 12.0. The number of ether oxygens (including phenoxy) is 1. The lowest BCUT2D eigenvalue weighted by molar-refractivity contribution is 0.0941. The number of rotatable bonds is 5. The van der Waals surface area contributed by atoms with Crippen molar-refractivity contribution in [2.45, 2.75) is 43.3 Å². The number of thioether (sulfide) groups is 1. The van der Waals surface area contributed by atoms with E-state index >= 15 is 0 Å². The van der Waals surface area contributed by atoms with Crippen LogP contribution in [-0.2, 0) is 17.0 Å². The molecule has 0 amide bonds. The van der Waals surface area contributed by atoms with Gasteiger partial charge >= 0.3 is 5.69 Å². The van der Waals surface area contributed by atoms with Gasteiger partial charge in [0, 0.05) is 12.4 Å². The molecule has 1 aliphatic heterocycles. The van der Waals surface area contributed by atoms with Gasteiger partial charge in [-0.1, -0.05) is 41.6 Å². The van der Waals surface area contributed by atoms with Crippen LogP contribution >= 0.6 is 11.8 Å². The van der Waals surface area contributed by atoms with E-state index in [1.807, 2.05) is 0 Å². The molecular weight excluding hydrogens is 286 g/mol. The van der Waals surface area contributed by atoms with Gasteiger partial charge in [0.1, 0.15) is 0 Å². The fourth-order valence-electron chi connectivity index (χ4n) is 2.40. The number of aryl methyl sites for hydroxylation is 1. The van der Waals surface area contributed by atoms with Crippen molar-refractivity contribution >= 4 is 11.8 Å².